The van der Waals surface area contributed by atoms with Crippen LogP contribution >= 0.6 is 0 Å². The summed E-state index contributed by atoms with van der Waals surface area (Å²) in [7, 11) is 0. The number of hydrogen-bond donors (Lipinski definition) is 2. The SMILES string of the molecule is O=C(N[C@]1(C(F)(F)F)NC(=O)N(c2ccc(F)cc2)C1=O)C1CCCCC1. The molecule has 0 unspecified atom stereocenters. The van der Waals surface area contributed by atoms with E-state index in [0.29, 0.717) is 25.7 Å². The Kier molecular flexibility index (Phi) is 4.83. The highest BCUT2D eigenvalue weighted by molar-refractivity contribution is 6.24. The smallest absolute Gasteiger partial charge is 0.318 e. The minimum absolute atomic E-state index is 0.239. The van der Waals surface area contributed by atoms with E-state index in [-0.39, 0.29) is 10.6 Å². The van der Waals surface area contributed by atoms with Crippen LogP contribution in [0.15, 0.2) is 24.3 Å². The monoisotopic (exact) mass is 387 g/mol. The lowest BCUT2D eigenvalue weighted by Crippen LogP contribution is -2.70. The molecule has 0 bridgehead atoms. The van der Waals surface area contributed by atoms with Crippen molar-refractivity contribution in [1.29, 1.82) is 0 Å². The van der Waals surface area contributed by atoms with Gasteiger partial charge in [0.25, 0.3) is 11.6 Å². The Morgan fingerprint density at radius 2 is 1.70 bits per heavy atom. The molecule has 2 aliphatic rings. The summed E-state index contributed by atoms with van der Waals surface area (Å²) < 4.78 is 54.4. The van der Waals surface area contributed by atoms with Gasteiger partial charge in [-0.25, -0.2) is 14.1 Å². The van der Waals surface area contributed by atoms with Crippen molar-refractivity contribution >= 4 is 23.5 Å². The number of halogens is 4. The Bertz CT molecular complexity index is 760. The second-order valence-electron chi connectivity index (χ2n) is 6.62. The van der Waals surface area contributed by atoms with Crippen molar-refractivity contribution in [3.8, 4) is 0 Å². The molecule has 1 heterocycles. The number of urea groups is 1. The van der Waals surface area contributed by atoms with Crippen LogP contribution in [0.2, 0.25) is 0 Å². The second-order valence-corrected chi connectivity index (χ2v) is 6.62. The van der Waals surface area contributed by atoms with Crippen molar-refractivity contribution in [2.45, 2.75) is 43.9 Å². The fourth-order valence-corrected chi connectivity index (χ4v) is 3.35. The Hall–Kier alpha value is -2.65. The molecule has 146 valence electrons. The van der Waals surface area contributed by atoms with Crippen LogP contribution in [0.5, 0.6) is 0 Å². The van der Waals surface area contributed by atoms with Crippen LogP contribution in [0.1, 0.15) is 32.1 Å². The predicted molar refractivity (Wildman–Crippen MR) is 85.9 cm³/mol. The number of alkyl halides is 3. The van der Waals surface area contributed by atoms with Crippen LogP contribution in [0.4, 0.5) is 28.0 Å². The number of nitrogens with zero attached hydrogens (tertiary/aromatic N) is 1. The molecule has 6 nitrogen and oxygen atoms in total. The van der Waals surface area contributed by atoms with E-state index in [1.165, 1.54) is 0 Å². The van der Waals surface area contributed by atoms with Gasteiger partial charge in [-0.3, -0.25) is 14.9 Å². The van der Waals surface area contributed by atoms with Crippen molar-refractivity contribution in [3.05, 3.63) is 30.1 Å². The lowest BCUT2D eigenvalue weighted by Gasteiger charge is -2.32. The highest BCUT2D eigenvalue weighted by Gasteiger charge is 2.69. The molecular formula is C17H17F4N3O3. The first kappa shape index (κ1) is 19.1. The quantitative estimate of drug-likeness (QED) is 0.619. The third kappa shape index (κ3) is 3.35. The summed E-state index contributed by atoms with van der Waals surface area (Å²) in [6.45, 7) is 0. The lowest BCUT2D eigenvalue weighted by molar-refractivity contribution is -0.202. The van der Waals surface area contributed by atoms with Gasteiger partial charge in [0.1, 0.15) is 5.82 Å². The van der Waals surface area contributed by atoms with E-state index in [1.807, 2.05) is 0 Å². The number of hydrogen-bond acceptors (Lipinski definition) is 3. The summed E-state index contributed by atoms with van der Waals surface area (Å²) in [4.78, 5) is 37.3. The van der Waals surface area contributed by atoms with Gasteiger partial charge in [-0.1, -0.05) is 19.3 Å². The summed E-state index contributed by atoms with van der Waals surface area (Å²) in [6.07, 6.45) is -2.12. The highest BCUT2D eigenvalue weighted by atomic mass is 19.4. The van der Waals surface area contributed by atoms with Gasteiger partial charge in [0.2, 0.25) is 5.91 Å². The van der Waals surface area contributed by atoms with E-state index in [9.17, 15) is 31.9 Å². The normalized spacial score (nSPS) is 24.1. The zero-order valence-corrected chi connectivity index (χ0v) is 14.1. The average molecular weight is 387 g/mol. The Labute approximate surface area is 151 Å². The maximum absolute atomic E-state index is 13.8. The molecule has 3 rings (SSSR count). The largest absolute Gasteiger partial charge is 0.440 e. The molecule has 1 aromatic rings. The average Bonchev–Trinajstić information content (AvgIpc) is 2.87. The van der Waals surface area contributed by atoms with Crippen molar-refractivity contribution in [2.75, 3.05) is 4.90 Å². The van der Waals surface area contributed by atoms with E-state index in [1.54, 1.807) is 10.6 Å². The number of carbonyl (C=O) groups is 3. The van der Waals surface area contributed by atoms with Crippen LogP contribution in [-0.2, 0) is 9.59 Å². The fourth-order valence-electron chi connectivity index (χ4n) is 3.35. The molecule has 1 saturated heterocycles. The molecule has 2 fully saturated rings. The molecule has 1 aliphatic heterocycles. The summed E-state index contributed by atoms with van der Waals surface area (Å²) in [5.74, 6) is -3.95. The number of amides is 4. The highest BCUT2D eigenvalue weighted by Crippen LogP contribution is 2.36. The molecule has 1 atom stereocenters. The molecule has 0 aromatic heterocycles. The lowest BCUT2D eigenvalue weighted by atomic mass is 9.88. The third-order valence-electron chi connectivity index (χ3n) is 4.82. The predicted octanol–water partition coefficient (Wildman–Crippen LogP) is 2.84. The molecule has 1 aliphatic carbocycles. The number of imide groups is 1. The van der Waals surface area contributed by atoms with Crippen LogP contribution < -0.4 is 15.5 Å². The van der Waals surface area contributed by atoms with Crippen LogP contribution in [0.25, 0.3) is 0 Å². The second kappa shape index (κ2) is 6.82. The molecule has 2 N–H and O–H groups in total. The molecule has 0 radical (unpaired) electrons. The zero-order chi connectivity index (χ0) is 19.8. The molecule has 4 amide bonds. The van der Waals surface area contributed by atoms with E-state index >= 15 is 0 Å². The van der Waals surface area contributed by atoms with Gasteiger partial charge in [-0.2, -0.15) is 13.2 Å². The summed E-state index contributed by atoms with van der Waals surface area (Å²) >= 11 is 0. The van der Waals surface area contributed by atoms with Crippen LogP contribution in [0, 0.1) is 11.7 Å². The molecule has 27 heavy (non-hydrogen) atoms. The van der Waals surface area contributed by atoms with E-state index in [0.717, 1.165) is 30.7 Å². The molecular weight excluding hydrogens is 370 g/mol. The molecule has 1 saturated carbocycles. The van der Waals surface area contributed by atoms with Gasteiger partial charge in [0, 0.05) is 5.92 Å². The number of rotatable bonds is 3. The molecule has 10 heteroatoms. The summed E-state index contributed by atoms with van der Waals surface area (Å²) in [5.41, 5.74) is -3.79. The van der Waals surface area contributed by atoms with Crippen molar-refractivity contribution in [3.63, 3.8) is 0 Å². The first-order valence-electron chi connectivity index (χ1n) is 8.47. The number of benzene rings is 1. The summed E-state index contributed by atoms with van der Waals surface area (Å²) in [5, 5.41) is 3.31. The van der Waals surface area contributed by atoms with E-state index in [4.69, 9.17) is 0 Å². The van der Waals surface area contributed by atoms with Crippen LogP contribution in [-0.4, -0.2) is 29.7 Å². The maximum atomic E-state index is 13.8. The van der Waals surface area contributed by atoms with Gasteiger partial charge in [-0.15, -0.1) is 0 Å². The number of nitrogens with one attached hydrogen (secondary N) is 2. The minimum atomic E-state index is -5.27. The van der Waals surface area contributed by atoms with Gasteiger partial charge in [-0.05, 0) is 37.1 Å². The first-order valence-corrected chi connectivity index (χ1v) is 8.47. The van der Waals surface area contributed by atoms with Gasteiger partial charge >= 0.3 is 12.2 Å². The topological polar surface area (TPSA) is 78.5 Å². The number of carbonyl (C=O) groups excluding carboxylic acids is 3. The van der Waals surface area contributed by atoms with Crippen molar-refractivity contribution in [2.24, 2.45) is 5.92 Å². The van der Waals surface area contributed by atoms with Crippen molar-refractivity contribution < 1.29 is 31.9 Å². The van der Waals surface area contributed by atoms with E-state index in [2.05, 4.69) is 0 Å². The van der Waals surface area contributed by atoms with Crippen molar-refractivity contribution in [1.82, 2.24) is 10.6 Å². The van der Waals surface area contributed by atoms with E-state index < -0.39 is 41.4 Å². The Balaban J connectivity index is 1.92. The maximum Gasteiger partial charge on any atom is 0.440 e. The standard InChI is InChI=1S/C17H17F4N3O3/c18-11-6-8-12(9-7-11)24-14(26)16(17(19,20)21,23-15(24)27)22-13(25)10-4-2-1-3-5-10/h6-10H,1-5H2,(H,22,25)(H,23,27)/t16-/m0/s1. The molecule has 1 aromatic carbocycles. The third-order valence-corrected chi connectivity index (χ3v) is 4.82. The zero-order valence-electron chi connectivity index (χ0n) is 14.1. The van der Waals surface area contributed by atoms with Crippen LogP contribution in [0.3, 0.4) is 0 Å². The van der Waals surface area contributed by atoms with Gasteiger partial charge < -0.3 is 5.32 Å². The summed E-state index contributed by atoms with van der Waals surface area (Å²) in [6, 6.07) is 2.46. The minimum Gasteiger partial charge on any atom is -0.318 e. The number of anilines is 1. The Morgan fingerprint density at radius 3 is 2.26 bits per heavy atom. The fraction of sp³-hybridized carbons (Fsp3) is 0.471. The first-order chi connectivity index (χ1) is 12.7. The molecule has 0 spiro atoms. The van der Waals surface area contributed by atoms with Gasteiger partial charge in [0.05, 0.1) is 5.69 Å². The van der Waals surface area contributed by atoms with Gasteiger partial charge in [0.15, 0.2) is 0 Å². The Morgan fingerprint density at radius 1 is 1.11 bits per heavy atom.